The van der Waals surface area contributed by atoms with Crippen LogP contribution in [0.4, 0.5) is 5.82 Å². The molecule has 0 aliphatic rings. The Morgan fingerprint density at radius 2 is 2.14 bits per heavy atom. The molecule has 2 heterocycles. The van der Waals surface area contributed by atoms with Crippen LogP contribution in [0.5, 0.6) is 0 Å². The zero-order valence-corrected chi connectivity index (χ0v) is 13.1. The van der Waals surface area contributed by atoms with Crippen LogP contribution in [0.15, 0.2) is 12.1 Å². The number of fused-ring (bicyclic) bond motifs is 1. The van der Waals surface area contributed by atoms with Crippen LogP contribution in [0, 0.1) is 0 Å². The molecule has 0 saturated carbocycles. The number of rotatable bonds is 7. The Balaban J connectivity index is 1.86. The van der Waals surface area contributed by atoms with E-state index in [0.717, 1.165) is 0 Å². The van der Waals surface area contributed by atoms with Gasteiger partial charge in [0.15, 0.2) is 5.65 Å². The molecule has 0 fully saturated rings. The average molecular weight is 313 g/mol. The van der Waals surface area contributed by atoms with Crippen molar-refractivity contribution in [2.75, 3.05) is 24.7 Å². The topological polar surface area (TPSA) is 105 Å². The second-order valence-corrected chi connectivity index (χ2v) is 6.93. The van der Waals surface area contributed by atoms with Gasteiger partial charge in [-0.3, -0.25) is 0 Å². The van der Waals surface area contributed by atoms with Crippen LogP contribution < -0.4 is 5.32 Å². The van der Waals surface area contributed by atoms with Crippen LogP contribution >= 0.6 is 0 Å². The molecule has 0 spiro atoms. The first-order chi connectivity index (χ1) is 9.88. The molecule has 1 N–H and O–H groups in total. The lowest BCUT2D eigenvalue weighted by Crippen LogP contribution is -2.37. The van der Waals surface area contributed by atoms with Crippen molar-refractivity contribution in [1.82, 2.24) is 29.6 Å². The molecule has 2 rings (SSSR count). The third-order valence-electron chi connectivity index (χ3n) is 2.93. The molecule has 10 heteroatoms. The quantitative estimate of drug-likeness (QED) is 0.717. The number of nitrogens with one attached hydrogen (secondary N) is 1. The summed E-state index contributed by atoms with van der Waals surface area (Å²) in [5.74, 6) is 0.644. The van der Waals surface area contributed by atoms with Crippen molar-refractivity contribution >= 4 is 21.5 Å². The maximum absolute atomic E-state index is 11.6. The van der Waals surface area contributed by atoms with E-state index in [-0.39, 0.29) is 6.04 Å². The fourth-order valence-electron chi connectivity index (χ4n) is 2.00. The normalized spacial score (nSPS) is 12.4. The Kier molecular flexibility index (Phi) is 4.68. The third kappa shape index (κ3) is 4.08. The van der Waals surface area contributed by atoms with Crippen molar-refractivity contribution < 1.29 is 8.42 Å². The van der Waals surface area contributed by atoms with Crippen LogP contribution in [0.3, 0.4) is 0 Å². The summed E-state index contributed by atoms with van der Waals surface area (Å²) in [6.45, 7) is 4.80. The number of sulfonamides is 1. The van der Waals surface area contributed by atoms with Crippen LogP contribution in [-0.2, 0) is 10.0 Å². The highest BCUT2D eigenvalue weighted by molar-refractivity contribution is 7.88. The number of tetrazole rings is 1. The molecule has 0 saturated heterocycles. The fourth-order valence-corrected chi connectivity index (χ4v) is 3.23. The minimum Gasteiger partial charge on any atom is -0.369 e. The van der Waals surface area contributed by atoms with E-state index in [2.05, 4.69) is 25.9 Å². The van der Waals surface area contributed by atoms with Gasteiger partial charge in [0.1, 0.15) is 5.82 Å². The van der Waals surface area contributed by atoms with E-state index < -0.39 is 10.0 Å². The van der Waals surface area contributed by atoms with E-state index in [1.807, 2.05) is 13.8 Å². The van der Waals surface area contributed by atoms with Crippen LogP contribution in [0.25, 0.3) is 5.65 Å². The molecular formula is C11H19N7O2S. The second kappa shape index (κ2) is 6.31. The average Bonchev–Trinajstić information content (AvgIpc) is 2.83. The highest BCUT2D eigenvalue weighted by Crippen LogP contribution is 2.07. The van der Waals surface area contributed by atoms with E-state index in [1.54, 1.807) is 12.1 Å². The summed E-state index contributed by atoms with van der Waals surface area (Å²) in [5.41, 5.74) is 0.573. The van der Waals surface area contributed by atoms with E-state index in [1.165, 1.54) is 15.2 Å². The summed E-state index contributed by atoms with van der Waals surface area (Å²) in [7, 11) is -3.17. The summed E-state index contributed by atoms with van der Waals surface area (Å²) in [6.07, 6.45) is 1.91. The lowest BCUT2D eigenvalue weighted by molar-refractivity contribution is 0.355. The summed E-state index contributed by atoms with van der Waals surface area (Å²) >= 11 is 0. The molecule has 0 amide bonds. The molecule has 0 atom stereocenters. The van der Waals surface area contributed by atoms with Gasteiger partial charge in [-0.2, -0.15) is 4.31 Å². The van der Waals surface area contributed by atoms with Crippen molar-refractivity contribution in [3.05, 3.63) is 12.1 Å². The largest absolute Gasteiger partial charge is 0.369 e. The molecule has 0 aliphatic heterocycles. The summed E-state index contributed by atoms with van der Waals surface area (Å²) in [6, 6.07) is 3.49. The number of nitrogens with zero attached hydrogens (tertiary/aromatic N) is 6. The molecule has 21 heavy (non-hydrogen) atoms. The Morgan fingerprint density at radius 1 is 1.38 bits per heavy atom. The Morgan fingerprint density at radius 3 is 2.81 bits per heavy atom. The predicted molar refractivity (Wildman–Crippen MR) is 78.4 cm³/mol. The van der Waals surface area contributed by atoms with Gasteiger partial charge in [0.25, 0.3) is 0 Å². The maximum atomic E-state index is 11.6. The second-order valence-electron chi connectivity index (χ2n) is 4.99. The molecule has 9 nitrogen and oxygen atoms in total. The number of hydrogen-bond donors (Lipinski definition) is 1. The van der Waals surface area contributed by atoms with Crippen LogP contribution in [0.2, 0.25) is 0 Å². The molecular weight excluding hydrogens is 294 g/mol. The van der Waals surface area contributed by atoms with Gasteiger partial charge in [0.05, 0.1) is 6.26 Å². The molecule has 0 radical (unpaired) electrons. The lowest BCUT2D eigenvalue weighted by Gasteiger charge is -2.23. The zero-order chi connectivity index (χ0) is 15.5. The van der Waals surface area contributed by atoms with Crippen molar-refractivity contribution in [1.29, 1.82) is 0 Å². The van der Waals surface area contributed by atoms with Crippen LogP contribution in [-0.4, -0.2) is 63.4 Å². The Hall–Kier alpha value is -1.81. The molecule has 0 unspecified atom stereocenters. The first-order valence-corrected chi connectivity index (χ1v) is 8.49. The van der Waals surface area contributed by atoms with Gasteiger partial charge in [-0.25, -0.2) is 8.42 Å². The molecule has 2 aromatic heterocycles. The van der Waals surface area contributed by atoms with Gasteiger partial charge in [-0.15, -0.1) is 14.8 Å². The highest BCUT2D eigenvalue weighted by atomic mass is 32.2. The van der Waals surface area contributed by atoms with Crippen molar-refractivity contribution in [3.63, 3.8) is 0 Å². The molecule has 0 bridgehead atoms. The SMILES string of the molecule is CC(C)N(CCCNc1ccc2nnnn2n1)S(C)(=O)=O. The number of aromatic nitrogens is 5. The molecule has 0 aliphatic carbocycles. The summed E-state index contributed by atoms with van der Waals surface area (Å²) < 4.78 is 26.1. The standard InChI is InChI=1S/C11H19N7O2S/c1-9(2)17(21(3,19)20)8-4-7-12-10-5-6-11-13-15-16-18(11)14-10/h5-6,9H,4,7-8H2,1-3H3,(H,12,14). The van der Waals surface area contributed by atoms with E-state index in [4.69, 9.17) is 0 Å². The van der Waals surface area contributed by atoms with Gasteiger partial charge >= 0.3 is 0 Å². The van der Waals surface area contributed by atoms with Gasteiger partial charge in [-0.05, 0) is 42.8 Å². The minimum absolute atomic E-state index is 0.0456. The van der Waals surface area contributed by atoms with Crippen molar-refractivity contribution in [2.24, 2.45) is 0 Å². The first-order valence-electron chi connectivity index (χ1n) is 6.64. The van der Waals surface area contributed by atoms with Crippen LogP contribution in [0.1, 0.15) is 20.3 Å². The Bertz CT molecular complexity index is 697. The molecule has 0 aromatic carbocycles. The van der Waals surface area contributed by atoms with Gasteiger partial charge < -0.3 is 5.32 Å². The van der Waals surface area contributed by atoms with Crippen molar-refractivity contribution in [2.45, 2.75) is 26.3 Å². The highest BCUT2D eigenvalue weighted by Gasteiger charge is 2.19. The molecule has 2 aromatic rings. The summed E-state index contributed by atoms with van der Waals surface area (Å²) in [5, 5.41) is 18.3. The smallest absolute Gasteiger partial charge is 0.211 e. The number of hydrogen-bond acceptors (Lipinski definition) is 7. The van der Waals surface area contributed by atoms with Gasteiger partial charge in [-0.1, -0.05) is 0 Å². The maximum Gasteiger partial charge on any atom is 0.211 e. The van der Waals surface area contributed by atoms with Crippen molar-refractivity contribution in [3.8, 4) is 0 Å². The fraction of sp³-hybridized carbons (Fsp3) is 0.636. The lowest BCUT2D eigenvalue weighted by atomic mass is 10.3. The van der Waals surface area contributed by atoms with Gasteiger partial charge in [0.2, 0.25) is 10.0 Å². The third-order valence-corrected chi connectivity index (χ3v) is 4.39. The Labute approximate surface area is 123 Å². The monoisotopic (exact) mass is 313 g/mol. The predicted octanol–water partition coefficient (Wildman–Crippen LogP) is -0.00870. The van der Waals surface area contributed by atoms with E-state index >= 15 is 0 Å². The first kappa shape index (κ1) is 15.6. The minimum atomic E-state index is -3.17. The zero-order valence-electron chi connectivity index (χ0n) is 12.3. The van der Waals surface area contributed by atoms with E-state index in [0.29, 0.717) is 31.0 Å². The van der Waals surface area contributed by atoms with Gasteiger partial charge in [0, 0.05) is 19.1 Å². The summed E-state index contributed by atoms with van der Waals surface area (Å²) in [4.78, 5) is 0. The number of anilines is 1. The molecule has 116 valence electrons. The van der Waals surface area contributed by atoms with E-state index in [9.17, 15) is 8.42 Å².